The fraction of sp³-hybridized carbons (Fsp3) is 0.462. The molecule has 0 aliphatic heterocycles. The zero-order valence-electron chi connectivity index (χ0n) is 9.85. The molecule has 0 spiro atoms. The molecule has 3 heteroatoms. The Bertz CT molecular complexity index is 320. The smallest absolute Gasteiger partial charge is 0.310 e. The predicted molar refractivity (Wildman–Crippen MR) is 63.8 cm³/mol. The topological polar surface area (TPSA) is 52.3 Å². The monoisotopic (exact) mass is 221 g/mol. The number of hydrogen-bond donors (Lipinski definition) is 1. The van der Waals surface area contributed by atoms with Crippen molar-refractivity contribution in [1.82, 2.24) is 0 Å². The van der Waals surface area contributed by atoms with E-state index in [1.165, 1.54) is 0 Å². The molecule has 2 N–H and O–H groups in total. The molecule has 0 aliphatic carbocycles. The van der Waals surface area contributed by atoms with Crippen molar-refractivity contribution in [1.29, 1.82) is 0 Å². The Labute approximate surface area is 96.6 Å². The standard InChI is InChI=1S/C13H19NO2/c1-3-11(9-14)13(15)16-10(2)12-7-5-4-6-8-12/h4-8,10-11H,3,9,14H2,1-2H3. The third-order valence-electron chi connectivity index (χ3n) is 2.67. The number of hydrogen-bond acceptors (Lipinski definition) is 3. The number of ether oxygens (including phenoxy) is 1. The van der Waals surface area contributed by atoms with Gasteiger partial charge in [0.2, 0.25) is 0 Å². The summed E-state index contributed by atoms with van der Waals surface area (Å²) >= 11 is 0. The third kappa shape index (κ3) is 3.35. The minimum Gasteiger partial charge on any atom is -0.458 e. The summed E-state index contributed by atoms with van der Waals surface area (Å²) < 4.78 is 5.36. The van der Waals surface area contributed by atoms with Gasteiger partial charge < -0.3 is 10.5 Å². The molecule has 0 aliphatic rings. The van der Waals surface area contributed by atoms with E-state index in [1.54, 1.807) is 0 Å². The van der Waals surface area contributed by atoms with Crippen LogP contribution in [0.3, 0.4) is 0 Å². The second-order valence-electron chi connectivity index (χ2n) is 3.83. The molecule has 0 amide bonds. The first-order valence-corrected chi connectivity index (χ1v) is 5.64. The maximum absolute atomic E-state index is 11.7. The van der Waals surface area contributed by atoms with Gasteiger partial charge in [0.05, 0.1) is 5.92 Å². The van der Waals surface area contributed by atoms with Crippen LogP contribution in [0.1, 0.15) is 31.9 Å². The Hall–Kier alpha value is -1.35. The van der Waals surface area contributed by atoms with Gasteiger partial charge in [0.25, 0.3) is 0 Å². The lowest BCUT2D eigenvalue weighted by Crippen LogP contribution is -2.25. The van der Waals surface area contributed by atoms with Gasteiger partial charge in [-0.1, -0.05) is 37.3 Å². The SMILES string of the molecule is CCC(CN)C(=O)OC(C)c1ccccc1. The van der Waals surface area contributed by atoms with Crippen molar-refractivity contribution in [2.75, 3.05) is 6.54 Å². The van der Waals surface area contributed by atoms with Crippen LogP contribution in [0, 0.1) is 5.92 Å². The molecule has 0 bridgehead atoms. The number of nitrogens with two attached hydrogens (primary N) is 1. The van der Waals surface area contributed by atoms with E-state index < -0.39 is 0 Å². The van der Waals surface area contributed by atoms with Gasteiger partial charge in [-0.25, -0.2) is 0 Å². The highest BCUT2D eigenvalue weighted by atomic mass is 16.5. The lowest BCUT2D eigenvalue weighted by Gasteiger charge is -2.17. The Morgan fingerprint density at radius 1 is 1.38 bits per heavy atom. The van der Waals surface area contributed by atoms with Crippen molar-refractivity contribution in [2.45, 2.75) is 26.4 Å². The van der Waals surface area contributed by atoms with E-state index >= 15 is 0 Å². The molecule has 0 saturated carbocycles. The quantitative estimate of drug-likeness (QED) is 0.776. The first-order chi connectivity index (χ1) is 7.69. The summed E-state index contributed by atoms with van der Waals surface area (Å²) in [5, 5.41) is 0. The van der Waals surface area contributed by atoms with Crippen LogP contribution < -0.4 is 5.73 Å². The molecule has 88 valence electrons. The summed E-state index contributed by atoms with van der Waals surface area (Å²) in [5.41, 5.74) is 6.50. The Morgan fingerprint density at radius 2 is 2.00 bits per heavy atom. The lowest BCUT2D eigenvalue weighted by molar-refractivity contribution is -0.153. The highest BCUT2D eigenvalue weighted by Crippen LogP contribution is 2.18. The van der Waals surface area contributed by atoms with E-state index in [9.17, 15) is 4.79 Å². The summed E-state index contributed by atoms with van der Waals surface area (Å²) in [5.74, 6) is -0.396. The Kier molecular flexibility index (Phi) is 4.99. The second kappa shape index (κ2) is 6.28. The van der Waals surface area contributed by atoms with Gasteiger partial charge in [-0.2, -0.15) is 0 Å². The van der Waals surface area contributed by atoms with Crippen LogP contribution in [-0.4, -0.2) is 12.5 Å². The largest absolute Gasteiger partial charge is 0.458 e. The zero-order chi connectivity index (χ0) is 12.0. The molecule has 0 aromatic heterocycles. The molecular formula is C13H19NO2. The average Bonchev–Trinajstić information content (AvgIpc) is 2.31. The molecule has 1 rings (SSSR count). The fourth-order valence-electron chi connectivity index (χ4n) is 1.49. The summed E-state index contributed by atoms with van der Waals surface area (Å²) in [6.45, 7) is 4.15. The van der Waals surface area contributed by atoms with E-state index in [0.717, 1.165) is 12.0 Å². The van der Waals surface area contributed by atoms with Crippen LogP contribution in [0.4, 0.5) is 0 Å². The Morgan fingerprint density at radius 3 is 2.50 bits per heavy atom. The average molecular weight is 221 g/mol. The second-order valence-corrected chi connectivity index (χ2v) is 3.83. The number of benzene rings is 1. The van der Waals surface area contributed by atoms with Crippen molar-refractivity contribution in [2.24, 2.45) is 11.7 Å². The van der Waals surface area contributed by atoms with Crippen LogP contribution in [0.15, 0.2) is 30.3 Å². The first kappa shape index (κ1) is 12.7. The van der Waals surface area contributed by atoms with Crippen LogP contribution in [-0.2, 0) is 9.53 Å². The molecule has 0 saturated heterocycles. The molecule has 1 aromatic carbocycles. The number of esters is 1. The minimum absolute atomic E-state index is 0.189. The van der Waals surface area contributed by atoms with Crippen molar-refractivity contribution >= 4 is 5.97 Å². The van der Waals surface area contributed by atoms with Crippen LogP contribution in [0.5, 0.6) is 0 Å². The van der Waals surface area contributed by atoms with Crippen LogP contribution in [0.25, 0.3) is 0 Å². The number of carbonyl (C=O) groups excluding carboxylic acids is 1. The highest BCUT2D eigenvalue weighted by molar-refractivity contribution is 5.72. The summed E-state index contributed by atoms with van der Waals surface area (Å²) in [6.07, 6.45) is 0.505. The van der Waals surface area contributed by atoms with Crippen molar-refractivity contribution in [3.05, 3.63) is 35.9 Å². The molecule has 0 radical (unpaired) electrons. The van der Waals surface area contributed by atoms with Gasteiger partial charge in [-0.05, 0) is 18.9 Å². The summed E-state index contributed by atoms with van der Waals surface area (Å²) in [4.78, 5) is 11.7. The van der Waals surface area contributed by atoms with Crippen LogP contribution >= 0.6 is 0 Å². The fourth-order valence-corrected chi connectivity index (χ4v) is 1.49. The number of carbonyl (C=O) groups is 1. The summed E-state index contributed by atoms with van der Waals surface area (Å²) in [7, 11) is 0. The lowest BCUT2D eigenvalue weighted by atomic mass is 10.1. The molecule has 1 aromatic rings. The predicted octanol–water partition coefficient (Wildman–Crippen LogP) is 2.28. The van der Waals surface area contributed by atoms with E-state index in [1.807, 2.05) is 44.2 Å². The molecular weight excluding hydrogens is 202 g/mol. The van der Waals surface area contributed by atoms with Crippen molar-refractivity contribution in [3.8, 4) is 0 Å². The van der Waals surface area contributed by atoms with E-state index in [0.29, 0.717) is 6.54 Å². The van der Waals surface area contributed by atoms with E-state index in [-0.39, 0.29) is 18.0 Å². The van der Waals surface area contributed by atoms with Gasteiger partial charge in [0.15, 0.2) is 0 Å². The van der Waals surface area contributed by atoms with Crippen molar-refractivity contribution < 1.29 is 9.53 Å². The van der Waals surface area contributed by atoms with E-state index in [4.69, 9.17) is 10.5 Å². The molecule has 16 heavy (non-hydrogen) atoms. The Balaban J connectivity index is 2.58. The molecule has 0 fully saturated rings. The molecule has 2 unspecified atom stereocenters. The molecule has 3 nitrogen and oxygen atoms in total. The van der Waals surface area contributed by atoms with Gasteiger partial charge in [0, 0.05) is 6.54 Å². The van der Waals surface area contributed by atoms with Gasteiger partial charge in [0.1, 0.15) is 6.10 Å². The number of rotatable bonds is 5. The molecule has 2 atom stereocenters. The summed E-state index contributed by atoms with van der Waals surface area (Å²) in [6, 6.07) is 9.69. The molecule has 0 heterocycles. The normalized spacial score (nSPS) is 14.2. The van der Waals surface area contributed by atoms with Crippen LogP contribution in [0.2, 0.25) is 0 Å². The van der Waals surface area contributed by atoms with Crippen molar-refractivity contribution in [3.63, 3.8) is 0 Å². The van der Waals surface area contributed by atoms with E-state index in [2.05, 4.69) is 0 Å². The minimum atomic E-state index is -0.214. The third-order valence-corrected chi connectivity index (χ3v) is 2.67. The maximum Gasteiger partial charge on any atom is 0.310 e. The van der Waals surface area contributed by atoms with Gasteiger partial charge in [-0.3, -0.25) is 4.79 Å². The van der Waals surface area contributed by atoms with Gasteiger partial charge in [-0.15, -0.1) is 0 Å². The van der Waals surface area contributed by atoms with Gasteiger partial charge >= 0.3 is 5.97 Å². The zero-order valence-corrected chi connectivity index (χ0v) is 9.85. The highest BCUT2D eigenvalue weighted by Gasteiger charge is 2.19. The first-order valence-electron chi connectivity index (χ1n) is 5.64. The maximum atomic E-state index is 11.7.